The Kier molecular flexibility index (Phi) is 5.24. The Bertz CT molecular complexity index is 714. The van der Waals surface area contributed by atoms with Crippen LogP contribution in [0.4, 0.5) is 0 Å². The SMILES string of the molecule is CCOP(C)(=O)OCc1cn(-c2ccccc2C(C)=O)nn1. The van der Waals surface area contributed by atoms with Crippen LogP contribution in [0.2, 0.25) is 0 Å². The number of ketones is 1. The third kappa shape index (κ3) is 4.10. The minimum absolute atomic E-state index is 0.0238. The fourth-order valence-corrected chi connectivity index (χ4v) is 2.82. The summed E-state index contributed by atoms with van der Waals surface area (Å²) in [5.41, 5.74) is 1.69. The van der Waals surface area contributed by atoms with Gasteiger partial charge in [0.15, 0.2) is 5.78 Å². The van der Waals surface area contributed by atoms with E-state index in [1.54, 1.807) is 31.3 Å². The van der Waals surface area contributed by atoms with Crippen molar-refractivity contribution in [3.05, 3.63) is 41.7 Å². The van der Waals surface area contributed by atoms with E-state index in [1.807, 2.05) is 6.07 Å². The van der Waals surface area contributed by atoms with Crippen molar-refractivity contribution in [2.75, 3.05) is 13.3 Å². The van der Waals surface area contributed by atoms with Crippen molar-refractivity contribution < 1.29 is 18.4 Å². The Balaban J connectivity index is 2.16. The van der Waals surface area contributed by atoms with Crippen LogP contribution in [0.25, 0.3) is 5.69 Å². The topological polar surface area (TPSA) is 83.3 Å². The minimum Gasteiger partial charge on any atom is -0.309 e. The van der Waals surface area contributed by atoms with E-state index >= 15 is 0 Å². The fraction of sp³-hybridized carbons (Fsp3) is 0.357. The first-order valence-corrected chi connectivity index (χ1v) is 8.80. The van der Waals surface area contributed by atoms with E-state index in [0.717, 1.165) is 0 Å². The highest BCUT2D eigenvalue weighted by atomic mass is 31.2. The van der Waals surface area contributed by atoms with E-state index in [0.29, 0.717) is 23.6 Å². The van der Waals surface area contributed by atoms with Crippen LogP contribution in [0, 0.1) is 0 Å². The molecule has 0 saturated carbocycles. The van der Waals surface area contributed by atoms with Gasteiger partial charge in [-0.15, -0.1) is 5.10 Å². The number of Topliss-reactive ketones (excluding diaryl/α,β-unsaturated/α-hetero) is 1. The molecule has 0 saturated heterocycles. The van der Waals surface area contributed by atoms with Crippen molar-refractivity contribution in [1.82, 2.24) is 15.0 Å². The first-order valence-electron chi connectivity index (χ1n) is 6.81. The lowest BCUT2D eigenvalue weighted by Crippen LogP contribution is -2.03. The molecule has 0 aliphatic carbocycles. The van der Waals surface area contributed by atoms with Crippen LogP contribution < -0.4 is 0 Å². The van der Waals surface area contributed by atoms with E-state index in [1.165, 1.54) is 18.3 Å². The largest absolute Gasteiger partial charge is 0.328 e. The van der Waals surface area contributed by atoms with Crippen molar-refractivity contribution in [2.24, 2.45) is 0 Å². The Morgan fingerprint density at radius 3 is 2.73 bits per heavy atom. The zero-order chi connectivity index (χ0) is 16.2. The van der Waals surface area contributed by atoms with Crippen LogP contribution in [0.1, 0.15) is 29.9 Å². The third-order valence-corrected chi connectivity index (χ3v) is 4.21. The smallest absolute Gasteiger partial charge is 0.309 e. The maximum Gasteiger partial charge on any atom is 0.328 e. The van der Waals surface area contributed by atoms with Gasteiger partial charge in [0.1, 0.15) is 12.3 Å². The number of para-hydroxylation sites is 1. The minimum atomic E-state index is -3.08. The van der Waals surface area contributed by atoms with Crippen molar-refractivity contribution in [1.29, 1.82) is 0 Å². The molecule has 0 bridgehead atoms. The van der Waals surface area contributed by atoms with Crippen LogP contribution in [0.15, 0.2) is 30.5 Å². The molecule has 0 spiro atoms. The maximum atomic E-state index is 11.9. The first-order chi connectivity index (χ1) is 10.4. The Hall–Kier alpha value is -1.82. The molecule has 0 aliphatic rings. The number of carbonyl (C=O) groups is 1. The van der Waals surface area contributed by atoms with Crippen molar-refractivity contribution in [3.8, 4) is 5.69 Å². The van der Waals surface area contributed by atoms with Crippen molar-refractivity contribution in [3.63, 3.8) is 0 Å². The highest BCUT2D eigenvalue weighted by Gasteiger charge is 2.17. The highest BCUT2D eigenvalue weighted by Crippen LogP contribution is 2.44. The lowest BCUT2D eigenvalue weighted by atomic mass is 10.1. The Morgan fingerprint density at radius 1 is 1.32 bits per heavy atom. The second-order valence-electron chi connectivity index (χ2n) is 4.69. The molecule has 118 valence electrons. The summed E-state index contributed by atoms with van der Waals surface area (Å²) in [5, 5.41) is 7.94. The van der Waals surface area contributed by atoms with Gasteiger partial charge < -0.3 is 9.05 Å². The second kappa shape index (κ2) is 6.96. The number of nitrogens with zero attached hydrogens (tertiary/aromatic N) is 3. The van der Waals surface area contributed by atoms with Gasteiger partial charge in [-0.3, -0.25) is 9.36 Å². The van der Waals surface area contributed by atoms with E-state index in [-0.39, 0.29) is 12.4 Å². The van der Waals surface area contributed by atoms with Crippen LogP contribution in [0.5, 0.6) is 0 Å². The fourth-order valence-electron chi connectivity index (χ4n) is 1.91. The lowest BCUT2D eigenvalue weighted by Gasteiger charge is -2.11. The molecular formula is C14H18N3O4P. The zero-order valence-electron chi connectivity index (χ0n) is 12.7. The Morgan fingerprint density at radius 2 is 2.05 bits per heavy atom. The molecule has 2 aromatic rings. The molecule has 8 heteroatoms. The molecular weight excluding hydrogens is 305 g/mol. The highest BCUT2D eigenvalue weighted by molar-refractivity contribution is 7.52. The standard InChI is InChI=1S/C14H18N3O4P/c1-4-20-22(3,19)21-10-12-9-17(16-15-12)14-8-6-5-7-13(14)11(2)18/h5-9H,4,10H2,1-3H3. The van der Waals surface area contributed by atoms with Gasteiger partial charge in [-0.25, -0.2) is 4.68 Å². The summed E-state index contributed by atoms with van der Waals surface area (Å²) in [6.45, 7) is 4.98. The molecule has 7 nitrogen and oxygen atoms in total. The molecule has 22 heavy (non-hydrogen) atoms. The molecule has 1 aromatic carbocycles. The molecule has 1 atom stereocenters. The summed E-state index contributed by atoms with van der Waals surface area (Å²) in [6, 6.07) is 7.11. The van der Waals surface area contributed by atoms with Gasteiger partial charge in [-0.2, -0.15) is 0 Å². The Labute approximate surface area is 128 Å². The molecule has 0 aliphatic heterocycles. The average Bonchev–Trinajstić information content (AvgIpc) is 2.94. The molecule has 1 heterocycles. The van der Waals surface area contributed by atoms with E-state index in [9.17, 15) is 9.36 Å². The van der Waals surface area contributed by atoms with Crippen LogP contribution in [-0.2, 0) is 20.2 Å². The normalized spacial score (nSPS) is 13.8. The second-order valence-corrected chi connectivity index (χ2v) is 6.75. The van der Waals surface area contributed by atoms with Gasteiger partial charge in [0.25, 0.3) is 0 Å². The molecule has 0 radical (unpaired) electrons. The molecule has 1 unspecified atom stereocenters. The summed E-state index contributed by atoms with van der Waals surface area (Å²) in [7, 11) is -3.08. The molecule has 1 aromatic heterocycles. The van der Waals surface area contributed by atoms with E-state index in [2.05, 4.69) is 10.3 Å². The number of hydrogen-bond acceptors (Lipinski definition) is 6. The predicted octanol–water partition coefficient (Wildman–Crippen LogP) is 2.85. The van der Waals surface area contributed by atoms with Crippen molar-refractivity contribution >= 4 is 13.4 Å². The maximum absolute atomic E-state index is 11.9. The van der Waals surface area contributed by atoms with Crippen LogP contribution >= 0.6 is 7.60 Å². The summed E-state index contributed by atoms with van der Waals surface area (Å²) in [6.07, 6.45) is 1.63. The summed E-state index contributed by atoms with van der Waals surface area (Å²) in [5.74, 6) is -0.0571. The number of benzene rings is 1. The average molecular weight is 323 g/mol. The van der Waals surface area contributed by atoms with Gasteiger partial charge in [0, 0.05) is 12.2 Å². The molecule has 0 amide bonds. The number of aromatic nitrogens is 3. The first kappa shape index (κ1) is 16.5. The molecule has 0 fully saturated rings. The summed E-state index contributed by atoms with van der Waals surface area (Å²) >= 11 is 0. The van der Waals surface area contributed by atoms with Gasteiger partial charge in [0.05, 0.1) is 18.5 Å². The van der Waals surface area contributed by atoms with Crippen LogP contribution in [0.3, 0.4) is 0 Å². The number of hydrogen-bond donors (Lipinski definition) is 0. The number of carbonyl (C=O) groups excluding carboxylic acids is 1. The van der Waals surface area contributed by atoms with Gasteiger partial charge in [-0.1, -0.05) is 17.3 Å². The van der Waals surface area contributed by atoms with Gasteiger partial charge in [-0.05, 0) is 26.0 Å². The predicted molar refractivity (Wildman–Crippen MR) is 81.3 cm³/mol. The number of rotatable bonds is 7. The van der Waals surface area contributed by atoms with E-state index in [4.69, 9.17) is 9.05 Å². The van der Waals surface area contributed by atoms with Crippen molar-refractivity contribution in [2.45, 2.75) is 20.5 Å². The molecule has 0 N–H and O–H groups in total. The monoisotopic (exact) mass is 323 g/mol. The lowest BCUT2D eigenvalue weighted by molar-refractivity contribution is 0.101. The summed E-state index contributed by atoms with van der Waals surface area (Å²) < 4.78 is 23.6. The molecule has 2 rings (SSSR count). The van der Waals surface area contributed by atoms with E-state index < -0.39 is 7.60 Å². The third-order valence-electron chi connectivity index (χ3n) is 2.88. The zero-order valence-corrected chi connectivity index (χ0v) is 13.6. The van der Waals surface area contributed by atoms with Crippen LogP contribution in [-0.4, -0.2) is 34.0 Å². The van der Waals surface area contributed by atoms with Gasteiger partial charge >= 0.3 is 7.60 Å². The van der Waals surface area contributed by atoms with Gasteiger partial charge in [0.2, 0.25) is 0 Å². The quantitative estimate of drug-likeness (QED) is 0.575. The summed E-state index contributed by atoms with van der Waals surface area (Å²) in [4.78, 5) is 11.6.